The van der Waals surface area contributed by atoms with E-state index in [0.29, 0.717) is 6.42 Å². The maximum atomic E-state index is 13.5. The van der Waals surface area contributed by atoms with Gasteiger partial charge in [0.2, 0.25) is 0 Å². The van der Waals surface area contributed by atoms with E-state index in [1.54, 1.807) is 12.1 Å². The van der Waals surface area contributed by atoms with Crippen LogP contribution in [0.15, 0.2) is 54.6 Å². The molecule has 152 valence electrons. The van der Waals surface area contributed by atoms with Crippen LogP contribution in [0.2, 0.25) is 0 Å². The molecule has 2 aromatic rings. The molecule has 5 heteroatoms. The number of likely N-dealkylation sites (tertiary alicyclic amines) is 1. The Bertz CT molecular complexity index is 839. The Hall–Kier alpha value is -2.71. The Balaban J connectivity index is 1.76. The smallest absolute Gasteiger partial charge is 0.305 e. The number of hydrogen-bond donors (Lipinski definition) is 0. The van der Waals surface area contributed by atoms with E-state index in [0.717, 1.165) is 38.0 Å². The highest BCUT2D eigenvalue weighted by atomic mass is 19.1. The molecule has 1 fully saturated rings. The number of benzene rings is 2. The van der Waals surface area contributed by atoms with E-state index in [4.69, 9.17) is 4.74 Å². The number of ether oxygens (including phenoxy) is 1. The third kappa shape index (κ3) is 5.02. The van der Waals surface area contributed by atoms with Gasteiger partial charge in [0, 0.05) is 13.0 Å². The van der Waals surface area contributed by atoms with Crippen molar-refractivity contribution in [3.8, 4) is 6.07 Å². The average Bonchev–Trinajstić information content (AvgIpc) is 2.77. The van der Waals surface area contributed by atoms with Gasteiger partial charge in [0.1, 0.15) is 5.82 Å². The predicted octanol–water partition coefficient (Wildman–Crippen LogP) is 4.45. The van der Waals surface area contributed by atoms with Crippen molar-refractivity contribution >= 4 is 5.97 Å². The van der Waals surface area contributed by atoms with Crippen molar-refractivity contribution < 1.29 is 13.9 Å². The predicted molar refractivity (Wildman–Crippen MR) is 109 cm³/mol. The first-order valence-corrected chi connectivity index (χ1v) is 10.1. The van der Waals surface area contributed by atoms with E-state index >= 15 is 0 Å². The Morgan fingerprint density at radius 3 is 2.41 bits per heavy atom. The van der Waals surface area contributed by atoms with E-state index in [1.165, 1.54) is 24.8 Å². The molecule has 1 unspecified atom stereocenters. The molecule has 0 aliphatic carbocycles. The molecule has 3 rings (SSSR count). The van der Waals surface area contributed by atoms with Crippen molar-refractivity contribution in [3.05, 3.63) is 71.5 Å². The summed E-state index contributed by atoms with van der Waals surface area (Å²) in [6.07, 6.45) is 2.27. The lowest BCUT2D eigenvalue weighted by Gasteiger charge is -2.41. The molecule has 0 amide bonds. The molecule has 0 aromatic heterocycles. The molecular weight excluding hydrogens is 367 g/mol. The monoisotopic (exact) mass is 394 g/mol. The van der Waals surface area contributed by atoms with Gasteiger partial charge in [-0.05, 0) is 61.5 Å². The molecule has 0 spiro atoms. The molecule has 1 saturated heterocycles. The zero-order valence-electron chi connectivity index (χ0n) is 16.8. The van der Waals surface area contributed by atoms with E-state index in [-0.39, 0.29) is 24.1 Å². The van der Waals surface area contributed by atoms with Crippen molar-refractivity contribution in [2.24, 2.45) is 5.92 Å². The number of methoxy groups -OCH3 is 1. The first kappa shape index (κ1) is 21.0. The molecule has 1 aliphatic heterocycles. The van der Waals surface area contributed by atoms with Crippen molar-refractivity contribution in [2.75, 3.05) is 20.2 Å². The molecule has 1 aliphatic rings. The molecule has 2 aromatic carbocycles. The van der Waals surface area contributed by atoms with Crippen molar-refractivity contribution in [3.63, 3.8) is 0 Å². The van der Waals surface area contributed by atoms with E-state index in [2.05, 4.69) is 23.1 Å². The van der Waals surface area contributed by atoms with Crippen LogP contribution in [0.1, 0.15) is 36.8 Å². The van der Waals surface area contributed by atoms with Crippen LogP contribution in [0.3, 0.4) is 0 Å². The largest absolute Gasteiger partial charge is 0.469 e. The van der Waals surface area contributed by atoms with E-state index in [1.807, 2.05) is 18.2 Å². The Labute approximate surface area is 171 Å². The van der Waals surface area contributed by atoms with Gasteiger partial charge in [0.05, 0.1) is 18.6 Å². The van der Waals surface area contributed by atoms with Crippen LogP contribution in [0.5, 0.6) is 0 Å². The molecule has 0 N–H and O–H groups in total. The Kier molecular flexibility index (Phi) is 7.00. The van der Waals surface area contributed by atoms with Crippen LogP contribution in [0.4, 0.5) is 4.39 Å². The van der Waals surface area contributed by atoms with Gasteiger partial charge in [-0.3, -0.25) is 9.69 Å². The second-order valence-corrected chi connectivity index (χ2v) is 7.70. The van der Waals surface area contributed by atoms with Crippen LogP contribution in [0, 0.1) is 23.1 Å². The molecular formula is C24H27FN2O2. The Morgan fingerprint density at radius 2 is 1.83 bits per heavy atom. The summed E-state index contributed by atoms with van der Waals surface area (Å²) < 4.78 is 18.3. The lowest BCUT2D eigenvalue weighted by atomic mass is 9.65. The maximum Gasteiger partial charge on any atom is 0.305 e. The summed E-state index contributed by atoms with van der Waals surface area (Å²) in [6.45, 7) is 2.68. The number of hydrogen-bond acceptors (Lipinski definition) is 4. The number of halogens is 1. The standard InChI is InChI=1S/C24H27FN2O2/c1-29-23(28)11-14-24(18-26,20-7-9-22(25)10-8-20)21-12-15-27(16-13-21)17-19-5-3-2-4-6-19/h2-10,21H,11-17H2,1H3. The van der Waals surface area contributed by atoms with Crippen molar-refractivity contribution in [1.82, 2.24) is 4.90 Å². The van der Waals surface area contributed by atoms with Gasteiger partial charge in [-0.1, -0.05) is 42.5 Å². The highest BCUT2D eigenvalue weighted by molar-refractivity contribution is 5.69. The number of nitrogens with zero attached hydrogens (tertiary/aromatic N) is 2. The fraction of sp³-hybridized carbons (Fsp3) is 0.417. The number of rotatable bonds is 7. The first-order chi connectivity index (χ1) is 14.1. The zero-order valence-corrected chi connectivity index (χ0v) is 16.8. The second kappa shape index (κ2) is 9.67. The summed E-state index contributed by atoms with van der Waals surface area (Å²) >= 11 is 0. The number of esters is 1. The van der Waals surface area contributed by atoms with Gasteiger partial charge in [0.25, 0.3) is 0 Å². The van der Waals surface area contributed by atoms with E-state index in [9.17, 15) is 14.4 Å². The quantitative estimate of drug-likeness (QED) is 0.651. The van der Waals surface area contributed by atoms with Crippen molar-refractivity contribution in [1.29, 1.82) is 5.26 Å². The van der Waals surface area contributed by atoms with Gasteiger partial charge in [-0.15, -0.1) is 0 Å². The third-order valence-corrected chi connectivity index (χ3v) is 6.04. The topological polar surface area (TPSA) is 53.3 Å². The van der Waals surface area contributed by atoms with Gasteiger partial charge in [-0.25, -0.2) is 4.39 Å². The summed E-state index contributed by atoms with van der Waals surface area (Å²) in [5.74, 6) is -0.547. The summed E-state index contributed by atoms with van der Waals surface area (Å²) in [7, 11) is 1.36. The van der Waals surface area contributed by atoms with Crippen LogP contribution < -0.4 is 0 Å². The molecule has 29 heavy (non-hydrogen) atoms. The minimum absolute atomic E-state index is 0.106. The third-order valence-electron chi connectivity index (χ3n) is 6.04. The van der Waals surface area contributed by atoms with Crippen LogP contribution >= 0.6 is 0 Å². The number of carbonyl (C=O) groups is 1. The Morgan fingerprint density at radius 1 is 1.17 bits per heavy atom. The fourth-order valence-corrected chi connectivity index (χ4v) is 4.37. The first-order valence-electron chi connectivity index (χ1n) is 10.1. The van der Waals surface area contributed by atoms with Gasteiger partial charge in [-0.2, -0.15) is 5.26 Å². The maximum absolute atomic E-state index is 13.5. The molecule has 0 bridgehead atoms. The van der Waals surface area contributed by atoms with Gasteiger partial charge < -0.3 is 4.74 Å². The summed E-state index contributed by atoms with van der Waals surface area (Å²) in [5.41, 5.74) is 1.24. The van der Waals surface area contributed by atoms with Gasteiger partial charge in [0.15, 0.2) is 0 Å². The summed E-state index contributed by atoms with van der Waals surface area (Å²) in [4.78, 5) is 14.2. The highest BCUT2D eigenvalue weighted by Gasteiger charge is 2.42. The second-order valence-electron chi connectivity index (χ2n) is 7.70. The summed E-state index contributed by atoms with van der Waals surface area (Å²) in [5, 5.41) is 10.2. The van der Waals surface area contributed by atoms with Crippen LogP contribution in [-0.4, -0.2) is 31.1 Å². The lowest BCUT2D eigenvalue weighted by Crippen LogP contribution is -2.43. The minimum Gasteiger partial charge on any atom is -0.469 e. The number of piperidine rings is 1. The van der Waals surface area contributed by atoms with E-state index < -0.39 is 5.41 Å². The zero-order chi connectivity index (χ0) is 20.7. The molecule has 1 heterocycles. The fourth-order valence-electron chi connectivity index (χ4n) is 4.37. The lowest BCUT2D eigenvalue weighted by molar-refractivity contribution is -0.141. The minimum atomic E-state index is -0.819. The molecule has 0 saturated carbocycles. The number of nitriles is 1. The molecule has 0 radical (unpaired) electrons. The molecule has 4 nitrogen and oxygen atoms in total. The van der Waals surface area contributed by atoms with Crippen molar-refractivity contribution in [2.45, 2.75) is 37.6 Å². The van der Waals surface area contributed by atoms with Crippen LogP contribution in [0.25, 0.3) is 0 Å². The van der Waals surface area contributed by atoms with Crippen LogP contribution in [-0.2, 0) is 21.5 Å². The summed E-state index contributed by atoms with van der Waals surface area (Å²) in [6, 6.07) is 19.0. The number of carbonyl (C=O) groups excluding carboxylic acids is 1. The highest BCUT2D eigenvalue weighted by Crippen LogP contribution is 2.42. The van der Waals surface area contributed by atoms with Gasteiger partial charge >= 0.3 is 5.97 Å². The normalized spacial score (nSPS) is 17.3. The SMILES string of the molecule is COC(=O)CCC(C#N)(c1ccc(F)cc1)C1CCN(Cc2ccccc2)CC1. The molecule has 1 atom stereocenters. The average molecular weight is 394 g/mol.